The number of amides is 1. The van der Waals surface area contributed by atoms with Crippen LogP contribution in [0, 0.1) is 11.3 Å². The van der Waals surface area contributed by atoms with Gasteiger partial charge in [0, 0.05) is 24.1 Å². The van der Waals surface area contributed by atoms with Crippen molar-refractivity contribution in [1.82, 2.24) is 14.6 Å². The number of carbonyl (C=O) groups is 1. The Balaban J connectivity index is 1.80. The van der Waals surface area contributed by atoms with Gasteiger partial charge >= 0.3 is 0 Å². The highest BCUT2D eigenvalue weighted by Crippen LogP contribution is 2.42. The van der Waals surface area contributed by atoms with Crippen LogP contribution in [0.4, 0.5) is 5.69 Å². The Morgan fingerprint density at radius 2 is 2.30 bits per heavy atom. The lowest BCUT2D eigenvalue weighted by atomic mass is 10.1. The van der Waals surface area contributed by atoms with Crippen LogP contribution in [0.25, 0.3) is 16.2 Å². The molecule has 7 heteroatoms. The van der Waals surface area contributed by atoms with Crippen LogP contribution < -0.4 is 5.32 Å². The lowest BCUT2D eigenvalue weighted by Crippen LogP contribution is -2.05. The Hall–Kier alpha value is -2.72. The van der Waals surface area contributed by atoms with Crippen LogP contribution in [0.1, 0.15) is 36.4 Å². The van der Waals surface area contributed by atoms with Gasteiger partial charge in [-0.2, -0.15) is 14.9 Å². The zero-order chi connectivity index (χ0) is 16.0. The van der Waals surface area contributed by atoms with Crippen molar-refractivity contribution in [2.24, 2.45) is 0 Å². The number of hydrogen-bond acceptors (Lipinski definition) is 5. The minimum Gasteiger partial charge on any atom is -0.326 e. The molecule has 1 N–H and O–H groups in total. The zero-order valence-electron chi connectivity index (χ0n) is 12.4. The summed E-state index contributed by atoms with van der Waals surface area (Å²) in [6.07, 6.45) is 2.34. The van der Waals surface area contributed by atoms with E-state index in [9.17, 15) is 10.1 Å². The Morgan fingerprint density at radius 3 is 3.00 bits per heavy atom. The maximum Gasteiger partial charge on any atom is 0.221 e. The molecular weight excluding hydrogens is 310 g/mol. The van der Waals surface area contributed by atoms with E-state index < -0.39 is 0 Å². The molecule has 4 rings (SSSR count). The van der Waals surface area contributed by atoms with Crippen molar-refractivity contribution in [3.8, 4) is 17.3 Å². The normalized spacial score (nSPS) is 13.9. The quantitative estimate of drug-likeness (QED) is 0.802. The fourth-order valence-corrected chi connectivity index (χ4v) is 3.58. The van der Waals surface area contributed by atoms with E-state index in [-0.39, 0.29) is 5.91 Å². The van der Waals surface area contributed by atoms with Crippen molar-refractivity contribution in [2.75, 3.05) is 5.32 Å². The summed E-state index contributed by atoms with van der Waals surface area (Å²) in [5.41, 5.74) is 2.50. The summed E-state index contributed by atoms with van der Waals surface area (Å²) in [5, 5.41) is 17.9. The molecule has 1 aliphatic carbocycles. The average molecular weight is 323 g/mol. The second kappa shape index (κ2) is 5.18. The third-order valence-electron chi connectivity index (χ3n) is 3.71. The van der Waals surface area contributed by atoms with Gasteiger partial charge in [0.2, 0.25) is 10.9 Å². The molecular formula is C16H13N5OS. The van der Waals surface area contributed by atoms with Gasteiger partial charge in [-0.25, -0.2) is 4.98 Å². The summed E-state index contributed by atoms with van der Waals surface area (Å²) < 4.78 is 1.64. The number of rotatable bonds is 3. The van der Waals surface area contributed by atoms with E-state index in [1.54, 1.807) is 21.9 Å². The van der Waals surface area contributed by atoms with Gasteiger partial charge in [0.1, 0.15) is 16.8 Å². The van der Waals surface area contributed by atoms with Gasteiger partial charge < -0.3 is 5.32 Å². The fourth-order valence-electron chi connectivity index (χ4n) is 2.51. The highest BCUT2D eigenvalue weighted by atomic mass is 32.1. The molecule has 23 heavy (non-hydrogen) atoms. The first kappa shape index (κ1) is 13.9. The third kappa shape index (κ3) is 2.47. The Kier molecular flexibility index (Phi) is 3.13. The molecule has 2 heterocycles. The summed E-state index contributed by atoms with van der Waals surface area (Å²) in [6, 6.07) is 9.53. The summed E-state index contributed by atoms with van der Waals surface area (Å²) in [4.78, 5) is 16.5. The van der Waals surface area contributed by atoms with Crippen molar-refractivity contribution < 1.29 is 4.79 Å². The molecule has 1 saturated carbocycles. The number of hydrogen-bond donors (Lipinski definition) is 1. The van der Waals surface area contributed by atoms with Crippen LogP contribution in [0.5, 0.6) is 0 Å². The fraction of sp³-hybridized carbons (Fsp3) is 0.250. The molecule has 0 saturated heterocycles. The molecule has 0 radical (unpaired) electrons. The maximum atomic E-state index is 11.2. The predicted octanol–water partition coefficient (Wildman–Crippen LogP) is 3.17. The lowest BCUT2D eigenvalue weighted by Gasteiger charge is -2.04. The van der Waals surface area contributed by atoms with Crippen LogP contribution in [0.2, 0.25) is 0 Å². The molecule has 1 aromatic carbocycles. The smallest absolute Gasteiger partial charge is 0.221 e. The number of imidazole rings is 1. The maximum absolute atomic E-state index is 11.2. The molecule has 0 atom stereocenters. The van der Waals surface area contributed by atoms with Crippen LogP contribution in [-0.4, -0.2) is 20.5 Å². The Bertz CT molecular complexity index is 961. The third-order valence-corrected chi connectivity index (χ3v) is 4.78. The predicted molar refractivity (Wildman–Crippen MR) is 87.3 cm³/mol. The number of nitrogens with zero attached hydrogens (tertiary/aromatic N) is 4. The number of anilines is 1. The number of benzene rings is 1. The number of carbonyl (C=O) groups excluding carboxylic acids is 1. The summed E-state index contributed by atoms with van der Waals surface area (Å²) in [6.45, 7) is 1.46. The molecule has 1 amide bonds. The monoisotopic (exact) mass is 323 g/mol. The number of nitriles is 1. The summed E-state index contributed by atoms with van der Waals surface area (Å²) >= 11 is 1.55. The van der Waals surface area contributed by atoms with Crippen molar-refractivity contribution in [3.63, 3.8) is 0 Å². The van der Waals surface area contributed by atoms with E-state index in [0.717, 1.165) is 15.5 Å². The molecule has 1 fully saturated rings. The van der Waals surface area contributed by atoms with Crippen molar-refractivity contribution in [2.45, 2.75) is 25.7 Å². The van der Waals surface area contributed by atoms with Crippen LogP contribution in [0.15, 0.2) is 24.3 Å². The van der Waals surface area contributed by atoms with E-state index in [4.69, 9.17) is 0 Å². The highest BCUT2D eigenvalue weighted by Gasteiger charge is 2.29. The van der Waals surface area contributed by atoms with Gasteiger partial charge in [0.25, 0.3) is 0 Å². The minimum atomic E-state index is -0.135. The van der Waals surface area contributed by atoms with Crippen LogP contribution in [0.3, 0.4) is 0 Å². The van der Waals surface area contributed by atoms with Crippen LogP contribution in [-0.2, 0) is 4.79 Å². The van der Waals surface area contributed by atoms with Crippen molar-refractivity contribution in [1.29, 1.82) is 5.26 Å². The average Bonchev–Trinajstić information content (AvgIpc) is 3.19. The molecule has 1 aliphatic rings. The van der Waals surface area contributed by atoms with Gasteiger partial charge in [0.15, 0.2) is 5.69 Å². The van der Waals surface area contributed by atoms with E-state index >= 15 is 0 Å². The topological polar surface area (TPSA) is 83.1 Å². The summed E-state index contributed by atoms with van der Waals surface area (Å²) in [5.74, 6) is 0.406. The molecule has 0 bridgehead atoms. The molecule has 114 valence electrons. The summed E-state index contributed by atoms with van der Waals surface area (Å²) in [7, 11) is 0. The molecule has 0 spiro atoms. The second-order valence-corrected chi connectivity index (χ2v) is 6.58. The van der Waals surface area contributed by atoms with Gasteiger partial charge in [-0.05, 0) is 25.0 Å². The first-order valence-electron chi connectivity index (χ1n) is 7.33. The van der Waals surface area contributed by atoms with E-state index in [1.807, 2.05) is 18.2 Å². The molecule has 0 unspecified atom stereocenters. The number of fused-ring (bicyclic) bond motifs is 1. The van der Waals surface area contributed by atoms with Gasteiger partial charge in [0.05, 0.1) is 0 Å². The van der Waals surface area contributed by atoms with E-state index in [2.05, 4.69) is 21.5 Å². The number of nitrogens with one attached hydrogen (secondary N) is 1. The van der Waals surface area contributed by atoms with Crippen molar-refractivity contribution in [3.05, 3.63) is 35.0 Å². The highest BCUT2D eigenvalue weighted by molar-refractivity contribution is 7.16. The minimum absolute atomic E-state index is 0.135. The number of aromatic nitrogens is 3. The van der Waals surface area contributed by atoms with Gasteiger partial charge in [-0.1, -0.05) is 23.5 Å². The van der Waals surface area contributed by atoms with Gasteiger partial charge in [-0.3, -0.25) is 4.79 Å². The standard InChI is InChI=1S/C16H13N5OS/c1-9(22)18-12-4-2-3-11(7-12)14-13(8-17)21-16(19-14)23-15(20-21)10-5-6-10/h2-4,7,10H,5-6H2,1H3,(H,18,22). The van der Waals surface area contributed by atoms with Crippen LogP contribution >= 0.6 is 11.3 Å². The zero-order valence-corrected chi connectivity index (χ0v) is 13.2. The van der Waals surface area contributed by atoms with E-state index in [0.29, 0.717) is 23.0 Å². The van der Waals surface area contributed by atoms with Crippen molar-refractivity contribution >= 4 is 27.9 Å². The molecule has 2 aromatic heterocycles. The molecule has 3 aromatic rings. The first-order chi connectivity index (χ1) is 11.2. The van der Waals surface area contributed by atoms with Gasteiger partial charge in [-0.15, -0.1) is 0 Å². The first-order valence-corrected chi connectivity index (χ1v) is 8.15. The second-order valence-electron chi connectivity index (χ2n) is 5.59. The molecule has 6 nitrogen and oxygen atoms in total. The molecule has 0 aliphatic heterocycles. The van der Waals surface area contributed by atoms with E-state index in [1.165, 1.54) is 19.8 Å². The largest absolute Gasteiger partial charge is 0.326 e. The lowest BCUT2D eigenvalue weighted by molar-refractivity contribution is -0.114. The SMILES string of the molecule is CC(=O)Nc1cccc(-c2nc3sc(C4CC4)nn3c2C#N)c1. The Labute approximate surface area is 136 Å². The Morgan fingerprint density at radius 1 is 1.48 bits per heavy atom.